The SMILES string of the molecule is CC1(C)Oc2ccc(C=O)cc2C(Oc2cc[nH]c(=O)c2)C1(C)O.CC1(C)Oc2ccc(C=O)cc2C(Oc2cc[nH]c(=O)c2)C1O.CC1(C)Oc2ccc(C=O)cc2C(Oc2ccc(=O)[nH]n2)C1(C)O. The van der Waals surface area contributed by atoms with E-state index in [9.17, 15) is 44.1 Å². The molecule has 6 atom stereocenters. The first-order valence-corrected chi connectivity index (χ1v) is 22.3. The number of rotatable bonds is 9. The molecule has 0 saturated carbocycles. The zero-order valence-corrected chi connectivity index (χ0v) is 40.0. The molecule has 0 fully saturated rings. The molecule has 3 aliphatic heterocycles. The van der Waals surface area contributed by atoms with Gasteiger partial charge in [0.05, 0.1) is 0 Å². The normalized spacial score (nSPS) is 23.7. The van der Waals surface area contributed by atoms with Gasteiger partial charge in [0, 0.05) is 70.0 Å². The molecule has 0 saturated heterocycles. The van der Waals surface area contributed by atoms with E-state index in [2.05, 4.69) is 20.2 Å². The summed E-state index contributed by atoms with van der Waals surface area (Å²) >= 11 is 0. The summed E-state index contributed by atoms with van der Waals surface area (Å²) in [5.74, 6) is 2.40. The minimum atomic E-state index is -1.42. The third-order valence-corrected chi connectivity index (χ3v) is 12.8. The number of benzene rings is 3. The van der Waals surface area contributed by atoms with E-state index >= 15 is 0 Å². The lowest BCUT2D eigenvalue weighted by molar-refractivity contribution is -0.175. The lowest BCUT2D eigenvalue weighted by Gasteiger charge is -2.49. The number of carbonyl (C=O) groups excluding carboxylic acids is 3. The number of aromatic amines is 3. The number of aromatic nitrogens is 4. The number of pyridine rings is 2. The van der Waals surface area contributed by atoms with Gasteiger partial charge >= 0.3 is 0 Å². The van der Waals surface area contributed by atoms with Crippen molar-refractivity contribution in [2.45, 2.75) is 108 Å². The fourth-order valence-electron chi connectivity index (χ4n) is 7.99. The van der Waals surface area contributed by atoms with E-state index in [1.165, 1.54) is 36.7 Å². The van der Waals surface area contributed by atoms with Crippen molar-refractivity contribution in [3.8, 4) is 34.6 Å². The Bertz CT molecular complexity index is 3110. The Balaban J connectivity index is 0.000000157. The Morgan fingerprint density at radius 3 is 1.41 bits per heavy atom. The highest BCUT2D eigenvalue weighted by molar-refractivity contribution is 5.77. The third kappa shape index (κ3) is 10.5. The minimum absolute atomic E-state index is 0.153. The number of ether oxygens (including phenoxy) is 6. The Labute approximate surface area is 406 Å². The number of nitrogens with zero attached hydrogens (tertiary/aromatic N) is 1. The van der Waals surface area contributed by atoms with Crippen LogP contribution < -0.4 is 45.1 Å². The highest BCUT2D eigenvalue weighted by atomic mass is 16.6. The van der Waals surface area contributed by atoms with Gasteiger partial charge in [-0.2, -0.15) is 0 Å². The number of aliphatic hydroxyl groups is 3. The summed E-state index contributed by atoms with van der Waals surface area (Å²) in [5.41, 5.74) is -3.52. The molecule has 3 aromatic heterocycles. The van der Waals surface area contributed by atoms with Gasteiger partial charge in [0.1, 0.15) is 81.7 Å². The van der Waals surface area contributed by atoms with Gasteiger partial charge in [-0.05, 0) is 122 Å². The zero-order chi connectivity index (χ0) is 51.7. The molecule has 6 N–H and O–H groups in total. The molecule has 0 amide bonds. The van der Waals surface area contributed by atoms with Crippen molar-refractivity contribution in [1.82, 2.24) is 20.2 Å². The van der Waals surface area contributed by atoms with Crippen molar-refractivity contribution in [2.75, 3.05) is 0 Å². The van der Waals surface area contributed by atoms with Crippen LogP contribution in [0.25, 0.3) is 0 Å². The lowest BCUT2D eigenvalue weighted by Crippen LogP contribution is -2.59. The van der Waals surface area contributed by atoms with Gasteiger partial charge in [-0.3, -0.25) is 28.8 Å². The second kappa shape index (κ2) is 19.5. The number of aliphatic hydroxyl groups excluding tert-OH is 1. The van der Waals surface area contributed by atoms with Crippen molar-refractivity contribution >= 4 is 18.9 Å². The first-order valence-electron chi connectivity index (χ1n) is 22.3. The van der Waals surface area contributed by atoms with E-state index in [1.54, 1.807) is 122 Å². The molecule has 3 aliphatic rings. The second-order valence-corrected chi connectivity index (χ2v) is 19.0. The van der Waals surface area contributed by atoms with Crippen LogP contribution in [-0.2, 0) is 0 Å². The minimum Gasteiger partial charge on any atom is -0.485 e. The number of nitrogens with one attached hydrogen (secondary N) is 3. The largest absolute Gasteiger partial charge is 0.485 e. The summed E-state index contributed by atoms with van der Waals surface area (Å²) in [6.45, 7) is 13.7. The average Bonchev–Trinajstić information content (AvgIpc) is 3.31. The highest BCUT2D eigenvalue weighted by Crippen LogP contribution is 2.50. The molecule has 0 aliphatic carbocycles. The molecule has 6 aromatic rings. The molecule has 6 unspecified atom stereocenters. The van der Waals surface area contributed by atoms with Gasteiger partial charge in [-0.25, -0.2) is 5.10 Å². The second-order valence-electron chi connectivity index (χ2n) is 19.0. The number of fused-ring (bicyclic) bond motifs is 3. The number of aldehydes is 3. The Hall–Kier alpha value is -7.87. The molecular weight excluding hydrogens is 921 g/mol. The van der Waals surface area contributed by atoms with Crippen LogP contribution in [-0.4, -0.2) is 88.5 Å². The van der Waals surface area contributed by atoms with Gasteiger partial charge in [0.2, 0.25) is 5.88 Å². The fraction of sp³-hybridized carbons (Fsp3) is 0.327. The Morgan fingerprint density at radius 2 is 0.972 bits per heavy atom. The summed E-state index contributed by atoms with van der Waals surface area (Å²) in [5, 5.41) is 38.8. The van der Waals surface area contributed by atoms with E-state index < -0.39 is 52.4 Å². The molecule has 19 heteroatoms. The average molecular weight is 975 g/mol. The Morgan fingerprint density at radius 1 is 0.535 bits per heavy atom. The maximum atomic E-state index is 11.5. The zero-order valence-electron chi connectivity index (χ0n) is 40.0. The van der Waals surface area contributed by atoms with Crippen LogP contribution in [0.4, 0.5) is 0 Å². The molecule has 0 radical (unpaired) electrons. The van der Waals surface area contributed by atoms with Gasteiger partial charge in [0.15, 0.2) is 18.3 Å². The molecule has 372 valence electrons. The van der Waals surface area contributed by atoms with Gasteiger partial charge in [0.25, 0.3) is 16.7 Å². The number of hydrogen-bond acceptors (Lipinski definition) is 16. The van der Waals surface area contributed by atoms with E-state index in [0.29, 0.717) is 68.4 Å². The van der Waals surface area contributed by atoms with E-state index in [1.807, 2.05) is 0 Å². The first-order chi connectivity index (χ1) is 33.4. The van der Waals surface area contributed by atoms with Crippen LogP contribution >= 0.6 is 0 Å². The summed E-state index contributed by atoms with van der Waals surface area (Å²) in [6, 6.07) is 23.3. The van der Waals surface area contributed by atoms with Crippen LogP contribution in [0.15, 0.2) is 118 Å². The number of carbonyl (C=O) groups is 3. The number of hydrogen-bond donors (Lipinski definition) is 6. The molecule has 0 spiro atoms. The van der Waals surface area contributed by atoms with E-state index in [4.69, 9.17) is 28.4 Å². The summed E-state index contributed by atoms with van der Waals surface area (Å²) in [6.07, 6.45) is 1.72. The molecule has 71 heavy (non-hydrogen) atoms. The standard InChI is InChI=1S/C18H19NO5.C17H18N2O5.C17H17NO5/c1-17(2)18(3,22)16(23-12-6-7-19-15(21)9-12)13-8-11(10-20)4-5-14(13)24-17;1-16(2)17(3,22)15(23-14-7-6-13(21)18-19-14)11-8-10(9-20)4-5-12(11)24-16;1-17(2)16(21)15(22-11-5-6-18-14(20)8-11)12-7-10(9-19)3-4-13(12)23-17/h4-10,16,22H,1-3H3,(H,19,21);4-9,15,22H,1-3H3,(H,18,21);3-9,15-16,21H,1-2H3,(H,18,20). The summed E-state index contributed by atoms with van der Waals surface area (Å²) in [7, 11) is 0. The smallest absolute Gasteiger partial charge is 0.264 e. The fourth-order valence-corrected chi connectivity index (χ4v) is 7.99. The van der Waals surface area contributed by atoms with Crippen molar-refractivity contribution in [1.29, 1.82) is 0 Å². The summed E-state index contributed by atoms with van der Waals surface area (Å²) in [4.78, 5) is 72.3. The van der Waals surface area contributed by atoms with Crippen molar-refractivity contribution < 1.29 is 58.1 Å². The lowest BCUT2D eigenvalue weighted by atomic mass is 9.77. The van der Waals surface area contributed by atoms with Crippen molar-refractivity contribution in [2.24, 2.45) is 0 Å². The van der Waals surface area contributed by atoms with Crippen molar-refractivity contribution in [3.63, 3.8) is 0 Å². The molecule has 19 nitrogen and oxygen atoms in total. The van der Waals surface area contributed by atoms with Gasteiger partial charge in [-0.15, -0.1) is 5.10 Å². The van der Waals surface area contributed by atoms with E-state index in [0.717, 1.165) is 12.6 Å². The van der Waals surface area contributed by atoms with Crippen molar-refractivity contribution in [3.05, 3.63) is 168 Å². The van der Waals surface area contributed by atoms with Crippen LogP contribution in [0.3, 0.4) is 0 Å². The molecule has 9 rings (SSSR count). The third-order valence-electron chi connectivity index (χ3n) is 12.8. The Kier molecular flexibility index (Phi) is 14.0. The van der Waals surface area contributed by atoms with E-state index in [-0.39, 0.29) is 22.6 Å². The molecule has 3 aromatic carbocycles. The quantitative estimate of drug-likeness (QED) is 0.0949. The maximum absolute atomic E-state index is 11.5. The van der Waals surface area contributed by atoms with Crippen LogP contribution in [0, 0.1) is 0 Å². The maximum Gasteiger partial charge on any atom is 0.264 e. The van der Waals surface area contributed by atoms with Gasteiger partial charge < -0.3 is 53.7 Å². The number of H-pyrrole nitrogens is 3. The predicted octanol–water partition coefficient (Wildman–Crippen LogP) is 5.69. The predicted molar refractivity (Wildman–Crippen MR) is 256 cm³/mol. The molecule has 0 bridgehead atoms. The van der Waals surface area contributed by atoms with Crippen LogP contribution in [0.2, 0.25) is 0 Å². The highest BCUT2D eigenvalue weighted by Gasteiger charge is 2.55. The summed E-state index contributed by atoms with van der Waals surface area (Å²) < 4.78 is 35.3. The molecule has 6 heterocycles. The molecular formula is C52H54N4O15. The topological polar surface area (TPSA) is 279 Å². The first kappa shape index (κ1) is 51.0. The monoisotopic (exact) mass is 974 g/mol. The van der Waals surface area contributed by atoms with Crippen LogP contribution in [0.5, 0.6) is 34.6 Å². The van der Waals surface area contributed by atoms with Gasteiger partial charge in [-0.1, -0.05) is 0 Å². The van der Waals surface area contributed by atoms with Crippen LogP contribution in [0.1, 0.15) is 121 Å².